The van der Waals surface area contributed by atoms with Crippen molar-refractivity contribution in [3.8, 4) is 0 Å². The van der Waals surface area contributed by atoms with Gasteiger partial charge in [0.05, 0.1) is 17.1 Å². The van der Waals surface area contributed by atoms with E-state index in [0.717, 1.165) is 16.3 Å². The molecular formula is C22H21NO5S. The minimum atomic E-state index is -3.58. The number of esters is 1. The Kier molecular flexibility index (Phi) is 6.29. The van der Waals surface area contributed by atoms with Gasteiger partial charge in [-0.2, -0.15) is 0 Å². The molecule has 0 bridgehead atoms. The highest BCUT2D eigenvalue weighted by molar-refractivity contribution is 7.91. The molecule has 0 saturated carbocycles. The van der Waals surface area contributed by atoms with Crippen LogP contribution in [0.2, 0.25) is 0 Å². The van der Waals surface area contributed by atoms with Gasteiger partial charge >= 0.3 is 5.97 Å². The number of sulfone groups is 1. The quantitative estimate of drug-likeness (QED) is 0.601. The van der Waals surface area contributed by atoms with Gasteiger partial charge in [0, 0.05) is 5.69 Å². The van der Waals surface area contributed by atoms with Gasteiger partial charge < -0.3 is 10.1 Å². The standard InChI is InChI=1S/C22H21NO5S/c1-16-6-10-20(11-7-16)29(26,27)13-12-22(25)28-15-21(24)23-19-9-8-17-4-2-3-5-18(17)14-19/h2-11,14H,12-13,15H2,1H3,(H,23,24). The molecule has 0 aromatic heterocycles. The van der Waals surface area contributed by atoms with E-state index in [1.54, 1.807) is 18.2 Å². The highest BCUT2D eigenvalue weighted by Crippen LogP contribution is 2.18. The lowest BCUT2D eigenvalue weighted by atomic mass is 10.1. The third-order valence-corrected chi connectivity index (χ3v) is 6.08. The molecular weight excluding hydrogens is 390 g/mol. The van der Waals surface area contributed by atoms with Crippen LogP contribution in [0.5, 0.6) is 0 Å². The molecule has 0 unspecified atom stereocenters. The zero-order valence-electron chi connectivity index (χ0n) is 15.9. The van der Waals surface area contributed by atoms with Crippen molar-refractivity contribution >= 4 is 38.2 Å². The molecule has 1 N–H and O–H groups in total. The van der Waals surface area contributed by atoms with Crippen LogP contribution >= 0.6 is 0 Å². The molecule has 3 aromatic carbocycles. The third kappa shape index (κ3) is 5.65. The van der Waals surface area contributed by atoms with Crippen LogP contribution in [-0.4, -0.2) is 32.7 Å². The molecule has 0 aliphatic carbocycles. The second kappa shape index (κ2) is 8.87. The first-order chi connectivity index (χ1) is 13.8. The predicted molar refractivity (Wildman–Crippen MR) is 111 cm³/mol. The summed E-state index contributed by atoms with van der Waals surface area (Å²) in [6.45, 7) is 1.38. The highest BCUT2D eigenvalue weighted by Gasteiger charge is 2.17. The monoisotopic (exact) mass is 411 g/mol. The van der Waals surface area contributed by atoms with Crippen molar-refractivity contribution in [2.45, 2.75) is 18.2 Å². The second-order valence-electron chi connectivity index (χ2n) is 6.65. The van der Waals surface area contributed by atoms with Crippen molar-refractivity contribution in [3.05, 3.63) is 72.3 Å². The molecule has 0 aliphatic heterocycles. The maximum atomic E-state index is 12.2. The summed E-state index contributed by atoms with van der Waals surface area (Å²) in [5, 5.41) is 4.68. The molecule has 3 rings (SSSR count). The van der Waals surface area contributed by atoms with Crippen LogP contribution in [-0.2, 0) is 24.2 Å². The maximum Gasteiger partial charge on any atom is 0.307 e. The number of aryl methyl sites for hydroxylation is 1. The average Bonchev–Trinajstić information content (AvgIpc) is 2.71. The third-order valence-electron chi connectivity index (χ3n) is 4.35. The molecule has 150 valence electrons. The molecule has 0 atom stereocenters. The highest BCUT2D eigenvalue weighted by atomic mass is 32.2. The number of rotatable bonds is 7. The summed E-state index contributed by atoms with van der Waals surface area (Å²) in [5.41, 5.74) is 1.53. The molecule has 0 radical (unpaired) electrons. The topological polar surface area (TPSA) is 89.5 Å². The Morgan fingerprint density at radius 1 is 0.931 bits per heavy atom. The Bertz CT molecular complexity index is 1140. The number of hydrogen-bond acceptors (Lipinski definition) is 5. The van der Waals surface area contributed by atoms with E-state index in [1.165, 1.54) is 12.1 Å². The Morgan fingerprint density at radius 2 is 1.62 bits per heavy atom. The Hall–Kier alpha value is -3.19. The molecule has 7 heteroatoms. The largest absolute Gasteiger partial charge is 0.456 e. The minimum absolute atomic E-state index is 0.157. The summed E-state index contributed by atoms with van der Waals surface area (Å²) >= 11 is 0. The molecule has 1 amide bonds. The summed E-state index contributed by atoms with van der Waals surface area (Å²) in [5.74, 6) is -1.61. The van der Waals surface area contributed by atoms with Crippen molar-refractivity contribution in [1.82, 2.24) is 0 Å². The van der Waals surface area contributed by atoms with Gasteiger partial charge in [0.1, 0.15) is 0 Å². The molecule has 3 aromatic rings. The van der Waals surface area contributed by atoms with E-state index < -0.39 is 28.3 Å². The van der Waals surface area contributed by atoms with Crippen molar-refractivity contribution in [2.24, 2.45) is 0 Å². The van der Waals surface area contributed by atoms with E-state index >= 15 is 0 Å². The maximum absolute atomic E-state index is 12.2. The number of amides is 1. The molecule has 0 fully saturated rings. The SMILES string of the molecule is Cc1ccc(S(=O)(=O)CCC(=O)OCC(=O)Nc2ccc3ccccc3c2)cc1. The van der Waals surface area contributed by atoms with E-state index in [9.17, 15) is 18.0 Å². The van der Waals surface area contributed by atoms with Gasteiger partial charge in [0.25, 0.3) is 5.91 Å². The fourth-order valence-electron chi connectivity index (χ4n) is 2.76. The van der Waals surface area contributed by atoms with Crippen molar-refractivity contribution in [2.75, 3.05) is 17.7 Å². The number of carbonyl (C=O) groups is 2. The Morgan fingerprint density at radius 3 is 2.34 bits per heavy atom. The molecule has 29 heavy (non-hydrogen) atoms. The van der Waals surface area contributed by atoms with Gasteiger partial charge in [-0.1, -0.05) is 48.0 Å². The summed E-state index contributed by atoms with van der Waals surface area (Å²) in [6, 6.07) is 19.6. The summed E-state index contributed by atoms with van der Waals surface area (Å²) in [6.07, 6.45) is -0.320. The van der Waals surface area contributed by atoms with Gasteiger partial charge in [-0.3, -0.25) is 9.59 Å². The molecule has 0 saturated heterocycles. The lowest BCUT2D eigenvalue weighted by Crippen LogP contribution is -2.22. The lowest BCUT2D eigenvalue weighted by molar-refractivity contribution is -0.146. The van der Waals surface area contributed by atoms with E-state index in [-0.39, 0.29) is 17.1 Å². The van der Waals surface area contributed by atoms with Crippen molar-refractivity contribution in [3.63, 3.8) is 0 Å². The van der Waals surface area contributed by atoms with Crippen LogP contribution in [0, 0.1) is 6.92 Å². The lowest BCUT2D eigenvalue weighted by Gasteiger charge is -2.08. The summed E-state index contributed by atoms with van der Waals surface area (Å²) in [7, 11) is -3.58. The van der Waals surface area contributed by atoms with Crippen LogP contribution in [0.4, 0.5) is 5.69 Å². The summed E-state index contributed by atoms with van der Waals surface area (Å²) in [4.78, 5) is 24.0. The fraction of sp³-hybridized carbons (Fsp3) is 0.182. The molecule has 0 aliphatic rings. The molecule has 0 spiro atoms. The normalized spacial score (nSPS) is 11.2. The number of hydrogen-bond donors (Lipinski definition) is 1. The van der Waals surface area contributed by atoms with Crippen LogP contribution in [0.1, 0.15) is 12.0 Å². The van der Waals surface area contributed by atoms with Crippen molar-refractivity contribution < 1.29 is 22.7 Å². The van der Waals surface area contributed by atoms with E-state index in [4.69, 9.17) is 4.74 Å². The average molecular weight is 411 g/mol. The Labute approximate surface area is 169 Å². The van der Waals surface area contributed by atoms with Gasteiger partial charge in [-0.05, 0) is 42.0 Å². The number of carbonyl (C=O) groups excluding carboxylic acids is 2. The van der Waals surface area contributed by atoms with Gasteiger partial charge in [-0.25, -0.2) is 8.42 Å². The Balaban J connectivity index is 1.48. The van der Waals surface area contributed by atoms with Crippen LogP contribution in [0.25, 0.3) is 10.8 Å². The molecule has 0 heterocycles. The first-order valence-corrected chi connectivity index (χ1v) is 10.7. The van der Waals surface area contributed by atoms with Crippen LogP contribution in [0.3, 0.4) is 0 Å². The minimum Gasteiger partial charge on any atom is -0.456 e. The second-order valence-corrected chi connectivity index (χ2v) is 8.76. The number of anilines is 1. The van der Waals surface area contributed by atoms with Gasteiger partial charge in [-0.15, -0.1) is 0 Å². The summed E-state index contributed by atoms with van der Waals surface area (Å²) < 4.78 is 29.4. The smallest absolute Gasteiger partial charge is 0.307 e. The van der Waals surface area contributed by atoms with Gasteiger partial charge in [0.15, 0.2) is 16.4 Å². The van der Waals surface area contributed by atoms with E-state index in [2.05, 4.69) is 5.32 Å². The van der Waals surface area contributed by atoms with Crippen LogP contribution in [0.15, 0.2) is 71.6 Å². The predicted octanol–water partition coefficient (Wildman–Crippen LogP) is 3.49. The molecule has 6 nitrogen and oxygen atoms in total. The number of benzene rings is 3. The first-order valence-electron chi connectivity index (χ1n) is 9.07. The van der Waals surface area contributed by atoms with Gasteiger partial charge in [0.2, 0.25) is 0 Å². The fourth-order valence-corrected chi connectivity index (χ4v) is 3.99. The zero-order chi connectivity index (χ0) is 20.9. The van der Waals surface area contributed by atoms with E-state index in [1.807, 2.05) is 43.3 Å². The van der Waals surface area contributed by atoms with E-state index in [0.29, 0.717) is 5.69 Å². The number of ether oxygens (including phenoxy) is 1. The first kappa shape index (κ1) is 20.5. The van der Waals surface area contributed by atoms with Crippen LogP contribution < -0.4 is 5.32 Å². The van der Waals surface area contributed by atoms with Crippen molar-refractivity contribution in [1.29, 1.82) is 0 Å². The number of nitrogens with one attached hydrogen (secondary N) is 1. The number of fused-ring (bicyclic) bond motifs is 1. The zero-order valence-corrected chi connectivity index (χ0v) is 16.7.